The maximum Gasteiger partial charge on any atom is 0.344 e. The van der Waals surface area contributed by atoms with E-state index in [2.05, 4.69) is 5.10 Å². The topological polar surface area (TPSA) is 73.6 Å². The fourth-order valence-corrected chi connectivity index (χ4v) is 2.09. The van der Waals surface area contributed by atoms with Crippen molar-refractivity contribution in [2.24, 2.45) is 0 Å². The van der Waals surface area contributed by atoms with Gasteiger partial charge in [-0.2, -0.15) is 5.10 Å². The molecule has 0 spiro atoms. The number of aliphatic hydroxyl groups is 1. The summed E-state index contributed by atoms with van der Waals surface area (Å²) in [6, 6.07) is 7.03. The molecule has 1 atom stereocenters. The number of hydrogen-bond donors (Lipinski definition) is 1. The maximum atomic E-state index is 11.7. The van der Waals surface area contributed by atoms with Gasteiger partial charge < -0.3 is 14.6 Å². The second kappa shape index (κ2) is 6.83. The lowest BCUT2D eigenvalue weighted by atomic mass is 10.1. The summed E-state index contributed by atoms with van der Waals surface area (Å²) in [7, 11) is 0. The van der Waals surface area contributed by atoms with Gasteiger partial charge in [0.2, 0.25) is 0 Å². The molecule has 1 unspecified atom stereocenters. The van der Waals surface area contributed by atoms with Gasteiger partial charge in [-0.05, 0) is 52.0 Å². The fourth-order valence-electron chi connectivity index (χ4n) is 2.09. The van der Waals surface area contributed by atoms with Crippen LogP contribution in [-0.4, -0.2) is 33.1 Å². The quantitative estimate of drug-likeness (QED) is 0.858. The van der Waals surface area contributed by atoms with Crippen LogP contribution < -0.4 is 4.74 Å². The molecular weight excluding hydrogens is 296 g/mol. The molecule has 2 rings (SSSR count). The number of hydrogen-bond acceptors (Lipinski definition) is 5. The Balaban J connectivity index is 2.12. The van der Waals surface area contributed by atoms with Crippen molar-refractivity contribution >= 4 is 5.97 Å². The first-order valence-corrected chi connectivity index (χ1v) is 7.43. The van der Waals surface area contributed by atoms with E-state index in [0.717, 1.165) is 5.69 Å². The summed E-state index contributed by atoms with van der Waals surface area (Å²) in [5.41, 5.74) is 0.875. The number of nitrogens with zero attached hydrogens (tertiary/aromatic N) is 2. The van der Waals surface area contributed by atoms with Crippen LogP contribution in [0.3, 0.4) is 0 Å². The number of esters is 1. The van der Waals surface area contributed by atoms with E-state index in [4.69, 9.17) is 9.47 Å². The number of aliphatic hydroxyl groups excluding tert-OH is 1. The number of carbonyl (C=O) groups is 1. The van der Waals surface area contributed by atoms with Crippen LogP contribution in [0.15, 0.2) is 36.7 Å². The highest BCUT2D eigenvalue weighted by molar-refractivity contribution is 5.71. The molecular formula is C17H22N2O4. The molecule has 0 saturated carbocycles. The van der Waals surface area contributed by atoms with Crippen LogP contribution in [0.5, 0.6) is 5.75 Å². The summed E-state index contributed by atoms with van der Waals surface area (Å²) in [6.45, 7) is 6.89. The Morgan fingerprint density at radius 3 is 2.70 bits per heavy atom. The van der Waals surface area contributed by atoms with Gasteiger partial charge in [-0.1, -0.05) is 0 Å². The molecule has 124 valence electrons. The number of rotatable bonds is 5. The van der Waals surface area contributed by atoms with Crippen LogP contribution >= 0.6 is 0 Å². The van der Waals surface area contributed by atoms with Crippen LogP contribution in [0.2, 0.25) is 0 Å². The zero-order chi connectivity index (χ0) is 17.0. The smallest absolute Gasteiger partial charge is 0.344 e. The second-order valence-electron chi connectivity index (χ2n) is 6.22. The van der Waals surface area contributed by atoms with E-state index in [1.54, 1.807) is 69.0 Å². The van der Waals surface area contributed by atoms with Gasteiger partial charge in [0, 0.05) is 18.0 Å². The summed E-state index contributed by atoms with van der Waals surface area (Å²) in [6.07, 6.45) is 2.76. The van der Waals surface area contributed by atoms with Crippen molar-refractivity contribution in [2.75, 3.05) is 6.61 Å². The van der Waals surface area contributed by atoms with Crippen LogP contribution in [0.4, 0.5) is 0 Å². The van der Waals surface area contributed by atoms with Gasteiger partial charge in [-0.25, -0.2) is 9.48 Å². The predicted molar refractivity (Wildman–Crippen MR) is 85.5 cm³/mol. The van der Waals surface area contributed by atoms with Gasteiger partial charge in [-0.15, -0.1) is 0 Å². The van der Waals surface area contributed by atoms with Crippen LogP contribution in [0.1, 0.15) is 39.4 Å². The highest BCUT2D eigenvalue weighted by atomic mass is 16.6. The van der Waals surface area contributed by atoms with E-state index < -0.39 is 17.7 Å². The Hall–Kier alpha value is -2.34. The molecule has 0 radical (unpaired) electrons. The monoisotopic (exact) mass is 318 g/mol. The van der Waals surface area contributed by atoms with Crippen molar-refractivity contribution in [3.05, 3.63) is 42.2 Å². The first kappa shape index (κ1) is 17.0. The summed E-state index contributed by atoms with van der Waals surface area (Å²) in [4.78, 5) is 11.7. The fraction of sp³-hybridized carbons (Fsp3) is 0.412. The Kier molecular flexibility index (Phi) is 5.05. The molecule has 6 nitrogen and oxygen atoms in total. The Morgan fingerprint density at radius 1 is 1.39 bits per heavy atom. The van der Waals surface area contributed by atoms with Gasteiger partial charge in [0.05, 0.1) is 11.8 Å². The van der Waals surface area contributed by atoms with Gasteiger partial charge in [-0.3, -0.25) is 0 Å². The zero-order valence-electron chi connectivity index (χ0n) is 13.8. The highest BCUT2D eigenvalue weighted by Crippen LogP contribution is 2.26. The summed E-state index contributed by atoms with van der Waals surface area (Å²) < 4.78 is 12.3. The zero-order valence-corrected chi connectivity index (χ0v) is 13.8. The Labute approximate surface area is 135 Å². The van der Waals surface area contributed by atoms with E-state index in [1.165, 1.54) is 0 Å². The van der Waals surface area contributed by atoms with Gasteiger partial charge in [0.15, 0.2) is 6.61 Å². The molecule has 0 aliphatic heterocycles. The predicted octanol–water partition coefficient (Wildman–Crippen LogP) is 2.65. The number of aromatic nitrogens is 2. The molecule has 1 heterocycles. The van der Waals surface area contributed by atoms with E-state index in [1.807, 2.05) is 0 Å². The SMILES string of the molecule is CC(O)c1cc(OCC(=O)OC(C)(C)C)ccc1-n1cccn1. The third-order valence-corrected chi connectivity index (χ3v) is 2.98. The molecule has 1 aromatic carbocycles. The molecule has 0 fully saturated rings. The summed E-state index contributed by atoms with van der Waals surface area (Å²) >= 11 is 0. The Bertz CT molecular complexity index is 658. The molecule has 0 aliphatic rings. The number of ether oxygens (including phenoxy) is 2. The molecule has 1 N–H and O–H groups in total. The Morgan fingerprint density at radius 2 is 2.13 bits per heavy atom. The van der Waals surface area contributed by atoms with Gasteiger partial charge in [0.25, 0.3) is 0 Å². The molecule has 0 amide bonds. The highest BCUT2D eigenvalue weighted by Gasteiger charge is 2.17. The van der Waals surface area contributed by atoms with Crippen LogP contribution in [-0.2, 0) is 9.53 Å². The number of benzene rings is 1. The van der Waals surface area contributed by atoms with Gasteiger partial charge in [0.1, 0.15) is 11.4 Å². The van der Waals surface area contributed by atoms with E-state index in [-0.39, 0.29) is 6.61 Å². The first-order valence-electron chi connectivity index (χ1n) is 7.43. The summed E-state index contributed by atoms with van der Waals surface area (Å²) in [5, 5.41) is 14.1. The van der Waals surface area contributed by atoms with Crippen molar-refractivity contribution in [1.29, 1.82) is 0 Å². The van der Waals surface area contributed by atoms with Crippen molar-refractivity contribution in [2.45, 2.75) is 39.4 Å². The third kappa shape index (κ3) is 4.82. The van der Waals surface area contributed by atoms with E-state index in [9.17, 15) is 9.90 Å². The molecule has 23 heavy (non-hydrogen) atoms. The first-order chi connectivity index (χ1) is 10.8. The van der Waals surface area contributed by atoms with Crippen LogP contribution in [0, 0.1) is 0 Å². The third-order valence-electron chi connectivity index (χ3n) is 2.98. The lowest BCUT2D eigenvalue weighted by molar-refractivity contribution is -0.157. The van der Waals surface area contributed by atoms with Crippen molar-refractivity contribution in [3.63, 3.8) is 0 Å². The maximum absolute atomic E-state index is 11.7. The van der Waals surface area contributed by atoms with Gasteiger partial charge >= 0.3 is 5.97 Å². The standard InChI is InChI=1S/C17H22N2O4/c1-12(20)14-10-13(22-11-16(21)23-17(2,3)4)6-7-15(14)19-9-5-8-18-19/h5-10,12,20H,11H2,1-4H3. The molecule has 0 bridgehead atoms. The molecule has 1 aromatic heterocycles. The minimum Gasteiger partial charge on any atom is -0.482 e. The lowest BCUT2D eigenvalue weighted by Crippen LogP contribution is -2.27. The average Bonchev–Trinajstić information content (AvgIpc) is 2.97. The largest absolute Gasteiger partial charge is 0.482 e. The minimum absolute atomic E-state index is 0.183. The van der Waals surface area contributed by atoms with E-state index >= 15 is 0 Å². The normalized spacial score (nSPS) is 12.7. The van der Waals surface area contributed by atoms with Crippen molar-refractivity contribution in [3.8, 4) is 11.4 Å². The molecule has 0 saturated heterocycles. The second-order valence-corrected chi connectivity index (χ2v) is 6.22. The molecule has 2 aromatic rings. The lowest BCUT2D eigenvalue weighted by Gasteiger charge is -2.20. The molecule has 6 heteroatoms. The minimum atomic E-state index is -0.695. The van der Waals surface area contributed by atoms with E-state index in [0.29, 0.717) is 11.3 Å². The van der Waals surface area contributed by atoms with Crippen molar-refractivity contribution < 1.29 is 19.4 Å². The van der Waals surface area contributed by atoms with Crippen molar-refractivity contribution in [1.82, 2.24) is 9.78 Å². The number of carbonyl (C=O) groups excluding carboxylic acids is 1. The average molecular weight is 318 g/mol. The molecule has 0 aliphatic carbocycles. The summed E-state index contributed by atoms with van der Waals surface area (Å²) in [5.74, 6) is 0.0508. The van der Waals surface area contributed by atoms with Crippen LogP contribution in [0.25, 0.3) is 5.69 Å².